The second-order valence-corrected chi connectivity index (χ2v) is 7.88. The minimum atomic E-state index is -2.60. The van der Waals surface area contributed by atoms with E-state index in [2.05, 4.69) is 0 Å². The molecular formula is C23H16F8N2O4. The summed E-state index contributed by atoms with van der Waals surface area (Å²) in [6, 6.07) is 0. The first-order chi connectivity index (χ1) is 17.3. The summed E-state index contributed by atoms with van der Waals surface area (Å²) in [5.74, 6) is -16.9. The molecular weight excluding hydrogens is 520 g/mol. The van der Waals surface area contributed by atoms with Crippen LogP contribution in [0.25, 0.3) is 0 Å². The molecule has 4 amide bonds. The van der Waals surface area contributed by atoms with Gasteiger partial charge in [0.05, 0.1) is 0 Å². The van der Waals surface area contributed by atoms with Crippen molar-refractivity contribution in [1.82, 2.24) is 4.90 Å². The SMILES string of the molecule is CC(F)/C(F)=C(\C(F)=C(\F)CCc1c(F)c(F)c(N2C(=O)CCC2=O)c(F)c1CF)N1C(=O)C=CC1=O. The molecule has 0 aromatic heterocycles. The van der Waals surface area contributed by atoms with Gasteiger partial charge in [-0.05, 0) is 13.3 Å². The number of benzene rings is 1. The number of anilines is 1. The fourth-order valence-corrected chi connectivity index (χ4v) is 3.75. The predicted molar refractivity (Wildman–Crippen MR) is 110 cm³/mol. The zero-order valence-electron chi connectivity index (χ0n) is 18.8. The minimum Gasteiger partial charge on any atom is -0.274 e. The highest BCUT2D eigenvalue weighted by atomic mass is 19.2. The van der Waals surface area contributed by atoms with E-state index in [1.54, 1.807) is 0 Å². The molecule has 1 atom stereocenters. The van der Waals surface area contributed by atoms with E-state index >= 15 is 0 Å². The lowest BCUT2D eigenvalue weighted by atomic mass is 9.99. The lowest BCUT2D eigenvalue weighted by molar-refractivity contribution is -0.134. The van der Waals surface area contributed by atoms with E-state index in [9.17, 15) is 54.3 Å². The van der Waals surface area contributed by atoms with Crippen LogP contribution in [0.3, 0.4) is 0 Å². The van der Waals surface area contributed by atoms with Crippen molar-refractivity contribution in [2.75, 3.05) is 4.90 Å². The Morgan fingerprint density at radius 2 is 1.43 bits per heavy atom. The second-order valence-electron chi connectivity index (χ2n) is 7.88. The molecule has 2 heterocycles. The van der Waals surface area contributed by atoms with Crippen molar-refractivity contribution in [3.05, 3.63) is 63.9 Å². The molecule has 1 fully saturated rings. The predicted octanol–water partition coefficient (Wildman–Crippen LogP) is 4.77. The van der Waals surface area contributed by atoms with Crippen molar-refractivity contribution < 1.29 is 54.3 Å². The molecule has 0 saturated carbocycles. The quantitative estimate of drug-likeness (QED) is 0.208. The van der Waals surface area contributed by atoms with Gasteiger partial charge in [-0.2, -0.15) is 0 Å². The Morgan fingerprint density at radius 1 is 0.892 bits per heavy atom. The number of nitrogens with zero attached hydrogens (tertiary/aromatic N) is 2. The largest absolute Gasteiger partial charge is 0.274 e. The Morgan fingerprint density at radius 3 is 1.92 bits per heavy atom. The van der Waals surface area contributed by atoms with E-state index in [4.69, 9.17) is 0 Å². The molecule has 1 unspecified atom stereocenters. The Kier molecular flexibility index (Phi) is 7.98. The van der Waals surface area contributed by atoms with Gasteiger partial charge in [0, 0.05) is 42.5 Å². The first-order valence-corrected chi connectivity index (χ1v) is 10.6. The zero-order chi connectivity index (χ0) is 27.8. The topological polar surface area (TPSA) is 74.8 Å². The summed E-state index contributed by atoms with van der Waals surface area (Å²) in [6.45, 7) is -1.25. The number of alkyl halides is 2. The highest BCUT2D eigenvalue weighted by Crippen LogP contribution is 2.37. The molecule has 0 radical (unpaired) electrons. The van der Waals surface area contributed by atoms with Gasteiger partial charge in [0.15, 0.2) is 35.3 Å². The third kappa shape index (κ3) is 4.91. The molecule has 1 aromatic carbocycles. The van der Waals surface area contributed by atoms with E-state index in [1.165, 1.54) is 0 Å². The van der Waals surface area contributed by atoms with Crippen molar-refractivity contribution in [3.8, 4) is 0 Å². The molecule has 37 heavy (non-hydrogen) atoms. The number of hydrogen-bond donors (Lipinski definition) is 0. The molecule has 0 N–H and O–H groups in total. The number of carbonyl (C=O) groups is 4. The van der Waals surface area contributed by atoms with Gasteiger partial charge in [0.2, 0.25) is 11.8 Å². The van der Waals surface area contributed by atoms with Crippen molar-refractivity contribution in [2.45, 2.75) is 45.5 Å². The second kappa shape index (κ2) is 10.6. The molecule has 2 aliphatic heterocycles. The van der Waals surface area contributed by atoms with Gasteiger partial charge in [-0.3, -0.25) is 19.2 Å². The van der Waals surface area contributed by atoms with Crippen molar-refractivity contribution >= 4 is 29.3 Å². The number of carbonyl (C=O) groups excluding carboxylic acids is 4. The van der Waals surface area contributed by atoms with Crippen LogP contribution in [0, 0.1) is 17.5 Å². The fourth-order valence-electron chi connectivity index (χ4n) is 3.75. The monoisotopic (exact) mass is 536 g/mol. The van der Waals surface area contributed by atoms with Crippen LogP contribution in [0.5, 0.6) is 0 Å². The number of rotatable bonds is 8. The van der Waals surface area contributed by atoms with E-state index in [1.807, 2.05) is 0 Å². The maximum Gasteiger partial charge on any atom is 0.258 e. The highest BCUT2D eigenvalue weighted by Gasteiger charge is 2.38. The average Bonchev–Trinajstić information content (AvgIpc) is 3.35. The summed E-state index contributed by atoms with van der Waals surface area (Å²) in [7, 11) is 0. The normalized spacial score (nSPS) is 18.2. The van der Waals surface area contributed by atoms with Crippen molar-refractivity contribution in [3.63, 3.8) is 0 Å². The Hall–Kier alpha value is -3.84. The first-order valence-electron chi connectivity index (χ1n) is 10.6. The molecule has 0 bridgehead atoms. The van der Waals surface area contributed by atoms with Crippen LogP contribution < -0.4 is 4.90 Å². The molecule has 1 aromatic rings. The molecule has 6 nitrogen and oxygen atoms in total. The van der Waals surface area contributed by atoms with Crippen LogP contribution in [0.1, 0.15) is 37.3 Å². The third-order valence-electron chi connectivity index (χ3n) is 5.56. The summed E-state index contributed by atoms with van der Waals surface area (Å²) in [5.41, 5.74) is -5.46. The summed E-state index contributed by atoms with van der Waals surface area (Å²) in [5, 5.41) is 0. The van der Waals surface area contributed by atoms with Crippen molar-refractivity contribution in [1.29, 1.82) is 0 Å². The summed E-state index contributed by atoms with van der Waals surface area (Å²) in [6.07, 6.45) is -4.74. The summed E-state index contributed by atoms with van der Waals surface area (Å²) >= 11 is 0. The van der Waals surface area contributed by atoms with Crippen LogP contribution in [0.4, 0.5) is 40.8 Å². The molecule has 3 rings (SSSR count). The number of allylic oxidation sites excluding steroid dienone is 3. The molecule has 14 heteroatoms. The highest BCUT2D eigenvalue weighted by molar-refractivity contribution is 6.20. The molecule has 1 saturated heterocycles. The van der Waals surface area contributed by atoms with Gasteiger partial charge in [-0.1, -0.05) is 0 Å². The van der Waals surface area contributed by atoms with Crippen LogP contribution in [0.2, 0.25) is 0 Å². The Labute approximate surface area is 203 Å². The lowest BCUT2D eigenvalue weighted by Crippen LogP contribution is -2.31. The zero-order valence-corrected chi connectivity index (χ0v) is 18.8. The number of amides is 4. The van der Waals surface area contributed by atoms with Crippen LogP contribution in [0.15, 0.2) is 35.3 Å². The van der Waals surface area contributed by atoms with Gasteiger partial charge in [-0.15, -0.1) is 0 Å². The van der Waals surface area contributed by atoms with E-state index in [0.717, 1.165) is 0 Å². The first kappa shape index (κ1) is 27.7. The summed E-state index contributed by atoms with van der Waals surface area (Å²) < 4.78 is 115. The Bertz CT molecular complexity index is 1270. The number of imide groups is 2. The number of hydrogen-bond acceptors (Lipinski definition) is 4. The van der Waals surface area contributed by atoms with Crippen molar-refractivity contribution in [2.24, 2.45) is 0 Å². The van der Waals surface area contributed by atoms with Crippen LogP contribution in [-0.4, -0.2) is 34.7 Å². The lowest BCUT2D eigenvalue weighted by Gasteiger charge is -2.20. The smallest absolute Gasteiger partial charge is 0.258 e. The van der Waals surface area contributed by atoms with Gasteiger partial charge >= 0.3 is 0 Å². The third-order valence-corrected chi connectivity index (χ3v) is 5.56. The van der Waals surface area contributed by atoms with Crippen LogP contribution >= 0.6 is 0 Å². The molecule has 2 aliphatic rings. The fraction of sp³-hybridized carbons (Fsp3) is 0.304. The minimum absolute atomic E-state index is 0.0208. The van der Waals surface area contributed by atoms with Gasteiger partial charge in [-0.25, -0.2) is 44.9 Å². The molecule has 0 spiro atoms. The Balaban J connectivity index is 2.03. The molecule has 198 valence electrons. The van der Waals surface area contributed by atoms with Gasteiger partial charge in [0.1, 0.15) is 23.9 Å². The standard InChI is InChI=1S/C23H16F8N2O4/c1-9(25)17(27)22(32-13(34)4-5-14(32)35)20(30)12(26)3-2-10-11(8-24)19(29)23(21(31)18(10)28)33-15(36)6-7-16(33)37/h4-5,9H,2-3,6-8H2,1H3/b20-12-,22-17-. The van der Waals surface area contributed by atoms with E-state index < -0.39 is 120 Å². The van der Waals surface area contributed by atoms with Crippen LogP contribution in [-0.2, 0) is 32.3 Å². The van der Waals surface area contributed by atoms with Gasteiger partial charge in [0.25, 0.3) is 11.8 Å². The maximum atomic E-state index is 14.9. The number of halogens is 8. The summed E-state index contributed by atoms with van der Waals surface area (Å²) in [4.78, 5) is 47.1. The van der Waals surface area contributed by atoms with E-state index in [-0.39, 0.29) is 9.80 Å². The maximum absolute atomic E-state index is 14.9. The van der Waals surface area contributed by atoms with E-state index in [0.29, 0.717) is 19.1 Å². The molecule has 0 aliphatic carbocycles. The average molecular weight is 536 g/mol. The van der Waals surface area contributed by atoms with Gasteiger partial charge < -0.3 is 0 Å².